The van der Waals surface area contributed by atoms with E-state index in [9.17, 15) is 4.79 Å². The van der Waals surface area contributed by atoms with Crippen LogP contribution in [0.2, 0.25) is 0 Å². The molecular weight excluding hydrogens is 376 g/mol. The lowest BCUT2D eigenvalue weighted by Crippen LogP contribution is -2.43. The molecule has 1 aliphatic carbocycles. The van der Waals surface area contributed by atoms with Crippen LogP contribution >= 0.6 is 0 Å². The van der Waals surface area contributed by atoms with E-state index >= 15 is 0 Å². The van der Waals surface area contributed by atoms with Gasteiger partial charge in [0, 0.05) is 17.0 Å². The summed E-state index contributed by atoms with van der Waals surface area (Å²) in [5, 5.41) is 4.19. The second-order valence-corrected chi connectivity index (χ2v) is 8.49. The van der Waals surface area contributed by atoms with Crippen molar-refractivity contribution < 1.29 is 14.3 Å². The fourth-order valence-corrected chi connectivity index (χ4v) is 4.60. The molecule has 1 N–H and O–H groups in total. The standard InChI is InChI=1S/C25H26N2O3/c1-15-6-5-9-20(16(15)2)27-25(28)19-13-22(26-21-8-4-3-7-18(19)21)17-10-11-23-24(12-17)30-14-29-23/h3-4,7-8,10-13,15-16,20H,5-6,9,14H2,1-2H3,(H,27,28). The van der Waals surface area contributed by atoms with Crippen LogP contribution in [0, 0.1) is 11.8 Å². The summed E-state index contributed by atoms with van der Waals surface area (Å²) >= 11 is 0. The molecule has 30 heavy (non-hydrogen) atoms. The molecule has 2 aliphatic rings. The SMILES string of the molecule is CC1CCCC(NC(=O)c2cc(-c3ccc4c(c3)OCO4)nc3ccccc23)C1C. The number of amides is 1. The molecule has 154 valence electrons. The van der Waals surface area contributed by atoms with Crippen LogP contribution in [0.15, 0.2) is 48.5 Å². The number of carbonyl (C=O) groups excluding carboxylic acids is 1. The van der Waals surface area contributed by atoms with Crippen LogP contribution in [-0.2, 0) is 0 Å². The molecule has 1 amide bonds. The Balaban J connectivity index is 1.53. The number of pyridine rings is 1. The molecule has 1 fully saturated rings. The topological polar surface area (TPSA) is 60.5 Å². The van der Waals surface area contributed by atoms with Gasteiger partial charge in [-0.25, -0.2) is 4.98 Å². The van der Waals surface area contributed by atoms with E-state index in [1.807, 2.05) is 48.5 Å². The number of fused-ring (bicyclic) bond motifs is 2. The maximum atomic E-state index is 13.4. The van der Waals surface area contributed by atoms with Gasteiger partial charge >= 0.3 is 0 Å². The van der Waals surface area contributed by atoms with Crippen LogP contribution in [0.3, 0.4) is 0 Å². The Kier molecular flexibility index (Phi) is 4.81. The highest BCUT2D eigenvalue weighted by molar-refractivity contribution is 6.07. The first-order valence-corrected chi connectivity index (χ1v) is 10.7. The van der Waals surface area contributed by atoms with Crippen molar-refractivity contribution in [3.63, 3.8) is 0 Å². The molecule has 2 heterocycles. The molecule has 1 aliphatic heterocycles. The Morgan fingerprint density at radius 3 is 2.77 bits per heavy atom. The fraction of sp³-hybridized carbons (Fsp3) is 0.360. The summed E-state index contributed by atoms with van der Waals surface area (Å²) in [6, 6.07) is 15.7. The van der Waals surface area contributed by atoms with E-state index < -0.39 is 0 Å². The van der Waals surface area contributed by atoms with Gasteiger partial charge in [-0.3, -0.25) is 4.79 Å². The van der Waals surface area contributed by atoms with E-state index in [1.54, 1.807) is 0 Å². The highest BCUT2D eigenvalue weighted by Gasteiger charge is 2.29. The number of para-hydroxylation sites is 1. The van der Waals surface area contributed by atoms with Crippen molar-refractivity contribution in [2.24, 2.45) is 11.8 Å². The molecule has 1 saturated carbocycles. The Hall–Kier alpha value is -3.08. The quantitative estimate of drug-likeness (QED) is 0.655. The fourth-order valence-electron chi connectivity index (χ4n) is 4.60. The van der Waals surface area contributed by atoms with Crippen LogP contribution < -0.4 is 14.8 Å². The van der Waals surface area contributed by atoms with E-state index in [0.29, 0.717) is 23.1 Å². The number of ether oxygens (including phenoxy) is 2. The lowest BCUT2D eigenvalue weighted by molar-refractivity contribution is 0.0892. The van der Waals surface area contributed by atoms with Crippen molar-refractivity contribution in [3.05, 3.63) is 54.1 Å². The molecule has 5 nitrogen and oxygen atoms in total. The van der Waals surface area contributed by atoms with Gasteiger partial charge in [0.2, 0.25) is 6.79 Å². The number of hydrogen-bond donors (Lipinski definition) is 1. The molecule has 0 radical (unpaired) electrons. The third-order valence-electron chi connectivity index (χ3n) is 6.65. The number of rotatable bonds is 3. The van der Waals surface area contributed by atoms with E-state index in [-0.39, 0.29) is 18.7 Å². The minimum atomic E-state index is -0.0263. The van der Waals surface area contributed by atoms with Gasteiger partial charge < -0.3 is 14.8 Å². The van der Waals surface area contributed by atoms with Crippen molar-refractivity contribution in [2.45, 2.75) is 39.2 Å². The summed E-state index contributed by atoms with van der Waals surface area (Å²) in [4.78, 5) is 18.2. The highest BCUT2D eigenvalue weighted by atomic mass is 16.7. The summed E-state index contributed by atoms with van der Waals surface area (Å²) < 4.78 is 10.9. The molecule has 5 heteroatoms. The number of benzene rings is 2. The molecule has 3 aromatic rings. The predicted octanol–water partition coefficient (Wildman–Crippen LogP) is 5.19. The van der Waals surface area contributed by atoms with Gasteiger partial charge in [0.15, 0.2) is 11.5 Å². The van der Waals surface area contributed by atoms with Gasteiger partial charge in [0.05, 0.1) is 16.8 Å². The zero-order valence-corrected chi connectivity index (χ0v) is 17.4. The third-order valence-corrected chi connectivity index (χ3v) is 6.65. The zero-order valence-electron chi connectivity index (χ0n) is 17.4. The van der Waals surface area contributed by atoms with Crippen molar-refractivity contribution in [3.8, 4) is 22.8 Å². The van der Waals surface area contributed by atoms with Crippen molar-refractivity contribution in [1.29, 1.82) is 0 Å². The maximum Gasteiger partial charge on any atom is 0.252 e. The Morgan fingerprint density at radius 2 is 1.87 bits per heavy atom. The molecule has 3 atom stereocenters. The summed E-state index contributed by atoms with van der Waals surface area (Å²) in [5.74, 6) is 2.52. The first kappa shape index (κ1) is 18.9. The number of nitrogens with zero attached hydrogens (tertiary/aromatic N) is 1. The van der Waals surface area contributed by atoms with Crippen molar-refractivity contribution >= 4 is 16.8 Å². The molecular formula is C25H26N2O3. The normalized spacial score (nSPS) is 22.8. The van der Waals surface area contributed by atoms with Gasteiger partial charge in [0.1, 0.15) is 0 Å². The minimum Gasteiger partial charge on any atom is -0.454 e. The number of hydrogen-bond acceptors (Lipinski definition) is 4. The Bertz CT molecular complexity index is 1110. The van der Waals surface area contributed by atoms with E-state index in [1.165, 1.54) is 6.42 Å². The number of aromatic nitrogens is 1. The lowest BCUT2D eigenvalue weighted by Gasteiger charge is -2.34. The monoisotopic (exact) mass is 402 g/mol. The highest BCUT2D eigenvalue weighted by Crippen LogP contribution is 2.36. The van der Waals surface area contributed by atoms with Gasteiger partial charge in [0.25, 0.3) is 5.91 Å². The van der Waals surface area contributed by atoms with Gasteiger partial charge in [-0.05, 0) is 48.6 Å². The molecule has 0 bridgehead atoms. The van der Waals surface area contributed by atoms with Crippen molar-refractivity contribution in [1.82, 2.24) is 10.3 Å². The lowest BCUT2D eigenvalue weighted by atomic mass is 9.78. The molecule has 5 rings (SSSR count). The summed E-state index contributed by atoms with van der Waals surface area (Å²) in [6.45, 7) is 4.76. The average molecular weight is 402 g/mol. The molecule has 1 aromatic heterocycles. The van der Waals surface area contributed by atoms with E-state index in [2.05, 4.69) is 19.2 Å². The second-order valence-electron chi connectivity index (χ2n) is 8.49. The smallest absolute Gasteiger partial charge is 0.252 e. The molecule has 2 aromatic carbocycles. The Morgan fingerprint density at radius 1 is 1.03 bits per heavy atom. The minimum absolute atomic E-state index is 0.0263. The predicted molar refractivity (Wildman–Crippen MR) is 117 cm³/mol. The van der Waals surface area contributed by atoms with Gasteiger partial charge in [-0.1, -0.05) is 44.9 Å². The van der Waals surface area contributed by atoms with Gasteiger partial charge in [-0.2, -0.15) is 0 Å². The van der Waals surface area contributed by atoms with Crippen LogP contribution in [-0.4, -0.2) is 23.7 Å². The van der Waals surface area contributed by atoms with Crippen LogP contribution in [0.4, 0.5) is 0 Å². The molecule has 0 spiro atoms. The zero-order chi connectivity index (χ0) is 20.7. The number of carbonyl (C=O) groups is 1. The van der Waals surface area contributed by atoms with Crippen LogP contribution in [0.1, 0.15) is 43.5 Å². The summed E-state index contributed by atoms with van der Waals surface area (Å²) in [7, 11) is 0. The second kappa shape index (κ2) is 7.63. The first-order valence-electron chi connectivity index (χ1n) is 10.7. The molecule has 3 unspecified atom stereocenters. The van der Waals surface area contributed by atoms with E-state index in [0.717, 1.165) is 40.8 Å². The largest absolute Gasteiger partial charge is 0.454 e. The first-order chi connectivity index (χ1) is 14.6. The number of nitrogens with one attached hydrogen (secondary N) is 1. The van der Waals surface area contributed by atoms with Crippen LogP contribution in [0.25, 0.3) is 22.2 Å². The maximum absolute atomic E-state index is 13.4. The third kappa shape index (κ3) is 3.38. The summed E-state index contributed by atoms with van der Waals surface area (Å²) in [5.41, 5.74) is 3.13. The van der Waals surface area contributed by atoms with Crippen molar-refractivity contribution in [2.75, 3.05) is 6.79 Å². The van der Waals surface area contributed by atoms with Crippen LogP contribution in [0.5, 0.6) is 11.5 Å². The van der Waals surface area contributed by atoms with Gasteiger partial charge in [-0.15, -0.1) is 0 Å². The summed E-state index contributed by atoms with van der Waals surface area (Å²) in [6.07, 6.45) is 3.44. The van der Waals surface area contributed by atoms with E-state index in [4.69, 9.17) is 14.5 Å². The Labute approximate surface area is 176 Å². The average Bonchev–Trinajstić information content (AvgIpc) is 3.24. The molecule has 0 saturated heterocycles.